The van der Waals surface area contributed by atoms with Gasteiger partial charge in [-0.05, 0) is 25.5 Å². The van der Waals surface area contributed by atoms with Crippen LogP contribution in [-0.4, -0.2) is 68.3 Å². The molecule has 1 aliphatic heterocycles. The summed E-state index contributed by atoms with van der Waals surface area (Å²) in [6.45, 7) is -0.373. The van der Waals surface area contributed by atoms with Crippen molar-refractivity contribution in [1.29, 1.82) is 0 Å². The zero-order valence-corrected chi connectivity index (χ0v) is 23.5. The van der Waals surface area contributed by atoms with Gasteiger partial charge in [-0.15, -0.1) is 0 Å². The number of alkyl halides is 7. The predicted molar refractivity (Wildman–Crippen MR) is 135 cm³/mol. The number of likely N-dealkylation sites (N-methyl/N-ethyl adjacent to an activating group) is 1. The standard InChI is InChI=1S/C26H28F7N3O5S/c1-24(27,28)7-6-16-13-36(17-11-25(29,30)12-17)19-9-18(26(31,32)33)20(10-21(19)42(38,39)35(16)2)41-14-15-5-4-8-34-22(15)23(37)40-3/h4-5,8-10,16-17H,6-7,11-14H2,1-3H3/t16-/m0/s1. The van der Waals surface area contributed by atoms with Crippen LogP contribution in [0.5, 0.6) is 5.75 Å². The van der Waals surface area contributed by atoms with Crippen molar-refractivity contribution in [2.45, 2.75) is 74.2 Å². The number of esters is 1. The van der Waals surface area contributed by atoms with E-state index < -0.39 is 93.9 Å². The first-order valence-electron chi connectivity index (χ1n) is 12.7. The summed E-state index contributed by atoms with van der Waals surface area (Å²) in [6, 6.07) is 1.74. The van der Waals surface area contributed by atoms with Crippen molar-refractivity contribution in [2.24, 2.45) is 0 Å². The Morgan fingerprint density at radius 3 is 2.40 bits per heavy atom. The maximum Gasteiger partial charge on any atom is 0.420 e. The molecule has 232 valence electrons. The number of aromatic nitrogens is 1. The van der Waals surface area contributed by atoms with Crippen molar-refractivity contribution in [3.05, 3.63) is 47.3 Å². The van der Waals surface area contributed by atoms with Gasteiger partial charge in [0, 0.05) is 62.8 Å². The van der Waals surface area contributed by atoms with Crippen molar-refractivity contribution >= 4 is 21.7 Å². The van der Waals surface area contributed by atoms with Gasteiger partial charge in [0.05, 0.1) is 18.4 Å². The molecule has 1 aliphatic carbocycles. The van der Waals surface area contributed by atoms with Crippen molar-refractivity contribution in [3.8, 4) is 5.75 Å². The number of halogens is 7. The van der Waals surface area contributed by atoms with Crippen LogP contribution in [0.2, 0.25) is 0 Å². The normalized spacial score (nSPS) is 20.8. The molecule has 0 amide bonds. The molecule has 2 aliphatic rings. The molecule has 42 heavy (non-hydrogen) atoms. The van der Waals surface area contributed by atoms with Crippen LogP contribution in [-0.2, 0) is 27.5 Å². The number of nitrogens with zero attached hydrogens (tertiary/aromatic N) is 3. The number of rotatable bonds is 8. The number of carbonyl (C=O) groups is 1. The first-order valence-corrected chi connectivity index (χ1v) is 14.2. The first kappa shape index (κ1) is 31.8. The molecule has 1 aromatic carbocycles. The molecular weight excluding hydrogens is 599 g/mol. The fraction of sp³-hybridized carbons (Fsp3) is 0.538. The summed E-state index contributed by atoms with van der Waals surface area (Å²) in [5.41, 5.74) is -2.06. The molecule has 2 heterocycles. The Labute approximate surface area is 237 Å². The Bertz CT molecular complexity index is 1440. The number of benzene rings is 1. The number of anilines is 1. The van der Waals surface area contributed by atoms with Crippen molar-refractivity contribution in [2.75, 3.05) is 25.6 Å². The van der Waals surface area contributed by atoms with Gasteiger partial charge < -0.3 is 14.4 Å². The van der Waals surface area contributed by atoms with E-state index >= 15 is 0 Å². The highest BCUT2D eigenvalue weighted by Crippen LogP contribution is 2.48. The van der Waals surface area contributed by atoms with E-state index in [0.717, 1.165) is 23.4 Å². The molecule has 16 heteroatoms. The lowest BCUT2D eigenvalue weighted by Crippen LogP contribution is -2.54. The van der Waals surface area contributed by atoms with E-state index in [4.69, 9.17) is 4.74 Å². The molecule has 0 spiro atoms. The SMILES string of the molecule is COC(=O)c1ncccc1COc1cc2c(cc1C(F)(F)F)N(C1CC(F)(F)C1)C[C@H](CCC(C)(F)F)N(C)S2(=O)=O. The van der Waals surface area contributed by atoms with Crippen LogP contribution in [0, 0.1) is 0 Å². The molecular formula is C26H28F7N3O5S. The third kappa shape index (κ3) is 6.58. The van der Waals surface area contributed by atoms with E-state index in [9.17, 15) is 43.9 Å². The molecule has 1 saturated carbocycles. The smallest absolute Gasteiger partial charge is 0.420 e. The van der Waals surface area contributed by atoms with Gasteiger partial charge in [0.1, 0.15) is 17.3 Å². The first-order chi connectivity index (χ1) is 19.3. The Morgan fingerprint density at radius 1 is 1.17 bits per heavy atom. The third-order valence-electron chi connectivity index (χ3n) is 7.33. The maximum absolute atomic E-state index is 14.3. The number of fused-ring (bicyclic) bond motifs is 1. The average Bonchev–Trinajstić information content (AvgIpc) is 2.95. The molecule has 0 N–H and O–H groups in total. The molecule has 1 aromatic heterocycles. The van der Waals surface area contributed by atoms with E-state index in [1.807, 2.05) is 0 Å². The van der Waals surface area contributed by atoms with Gasteiger partial charge in [0.2, 0.25) is 15.9 Å². The molecule has 1 atom stereocenters. The minimum atomic E-state index is -5.08. The van der Waals surface area contributed by atoms with E-state index in [1.165, 1.54) is 18.3 Å². The van der Waals surface area contributed by atoms with Crippen LogP contribution in [0.1, 0.15) is 54.2 Å². The minimum Gasteiger partial charge on any atom is -0.488 e. The van der Waals surface area contributed by atoms with Gasteiger partial charge in [-0.2, -0.15) is 17.5 Å². The molecule has 0 radical (unpaired) electrons. The minimum absolute atomic E-state index is 0.0475. The fourth-order valence-electron chi connectivity index (χ4n) is 4.99. The largest absolute Gasteiger partial charge is 0.488 e. The van der Waals surface area contributed by atoms with Crippen LogP contribution in [0.3, 0.4) is 0 Å². The Morgan fingerprint density at radius 2 is 1.83 bits per heavy atom. The van der Waals surface area contributed by atoms with Crippen LogP contribution in [0.4, 0.5) is 36.4 Å². The molecule has 0 unspecified atom stereocenters. The van der Waals surface area contributed by atoms with Gasteiger partial charge in [-0.1, -0.05) is 6.07 Å². The lowest BCUT2D eigenvalue weighted by molar-refractivity contribution is -0.139. The monoisotopic (exact) mass is 627 g/mol. The number of hydrogen-bond donors (Lipinski definition) is 0. The Hall–Kier alpha value is -3.14. The average molecular weight is 628 g/mol. The number of methoxy groups -OCH3 is 1. The molecule has 1 fully saturated rings. The quantitative estimate of drug-likeness (QED) is 0.282. The lowest BCUT2D eigenvalue weighted by Gasteiger charge is -2.44. The van der Waals surface area contributed by atoms with E-state index in [-0.39, 0.29) is 24.2 Å². The Kier molecular flexibility index (Phi) is 8.45. The molecule has 2 aromatic rings. The number of carbonyl (C=O) groups excluding carboxylic acids is 1. The van der Waals surface area contributed by atoms with Crippen molar-refractivity contribution in [1.82, 2.24) is 9.29 Å². The van der Waals surface area contributed by atoms with Gasteiger partial charge in [0.25, 0.3) is 5.92 Å². The van der Waals surface area contributed by atoms with Gasteiger partial charge in [0.15, 0.2) is 5.69 Å². The summed E-state index contributed by atoms with van der Waals surface area (Å²) in [4.78, 5) is 16.4. The van der Waals surface area contributed by atoms with Crippen molar-refractivity contribution < 1.29 is 53.4 Å². The van der Waals surface area contributed by atoms with Gasteiger partial charge in [-0.25, -0.2) is 35.8 Å². The highest BCUT2D eigenvalue weighted by molar-refractivity contribution is 7.89. The third-order valence-corrected chi connectivity index (χ3v) is 9.27. The highest BCUT2D eigenvalue weighted by Gasteiger charge is 2.51. The second-order valence-electron chi connectivity index (χ2n) is 10.5. The molecule has 0 saturated heterocycles. The number of hydrogen-bond acceptors (Lipinski definition) is 7. The van der Waals surface area contributed by atoms with Crippen LogP contribution < -0.4 is 9.64 Å². The molecule has 8 nitrogen and oxygen atoms in total. The summed E-state index contributed by atoms with van der Waals surface area (Å²) in [5.74, 6) is -8.06. The number of sulfonamides is 1. The second-order valence-corrected chi connectivity index (χ2v) is 12.4. The van der Waals surface area contributed by atoms with E-state index in [1.54, 1.807) is 0 Å². The Balaban J connectivity index is 1.82. The van der Waals surface area contributed by atoms with Gasteiger partial charge >= 0.3 is 12.1 Å². The summed E-state index contributed by atoms with van der Waals surface area (Å²) in [6.07, 6.45) is -6.43. The van der Waals surface area contributed by atoms with Crippen molar-refractivity contribution in [3.63, 3.8) is 0 Å². The van der Waals surface area contributed by atoms with E-state index in [2.05, 4.69) is 9.72 Å². The predicted octanol–water partition coefficient (Wildman–Crippen LogP) is 5.51. The second kappa shape index (κ2) is 11.2. The van der Waals surface area contributed by atoms with Gasteiger partial charge in [-0.3, -0.25) is 0 Å². The lowest BCUT2D eigenvalue weighted by atomic mass is 9.86. The summed E-state index contributed by atoms with van der Waals surface area (Å²) >= 11 is 0. The van der Waals surface area contributed by atoms with Crippen LogP contribution >= 0.6 is 0 Å². The molecule has 4 rings (SSSR count). The molecule has 0 bridgehead atoms. The summed E-state index contributed by atoms with van der Waals surface area (Å²) in [5, 5.41) is 0. The summed E-state index contributed by atoms with van der Waals surface area (Å²) in [7, 11) is -2.44. The number of pyridine rings is 1. The fourth-order valence-corrected chi connectivity index (χ4v) is 6.56. The van der Waals surface area contributed by atoms with E-state index in [0.29, 0.717) is 19.1 Å². The topological polar surface area (TPSA) is 89.0 Å². The summed E-state index contributed by atoms with van der Waals surface area (Å²) < 4.78 is 136. The van der Waals surface area contributed by atoms with Crippen LogP contribution in [0.25, 0.3) is 0 Å². The highest BCUT2D eigenvalue weighted by atomic mass is 32.2. The maximum atomic E-state index is 14.3. The number of ether oxygens (including phenoxy) is 2. The van der Waals surface area contributed by atoms with Crippen LogP contribution in [0.15, 0.2) is 35.4 Å². The zero-order chi connectivity index (χ0) is 31.3. The zero-order valence-electron chi connectivity index (χ0n) is 22.7.